The normalized spacial score (nSPS) is 11.5. The molecular weight excluding hydrogens is 300 g/mol. The quantitative estimate of drug-likeness (QED) is 0.330. The van der Waals surface area contributed by atoms with Crippen molar-refractivity contribution < 1.29 is 9.90 Å². The lowest BCUT2D eigenvalue weighted by Gasteiger charge is -2.19. The zero-order chi connectivity index (χ0) is 17.9. The Bertz CT molecular complexity index is 341. The Balaban J connectivity index is 3.78. The van der Waals surface area contributed by atoms with Gasteiger partial charge in [0.25, 0.3) is 0 Å². The number of unbranched alkanes of at least 4 members (excludes halogenated alkanes) is 6. The second-order valence-corrected chi connectivity index (χ2v) is 6.16. The fourth-order valence-electron chi connectivity index (χ4n) is 2.44. The Hall–Kier alpha value is -1.29. The molecule has 0 aliphatic carbocycles. The van der Waals surface area contributed by atoms with Gasteiger partial charge in [-0.1, -0.05) is 44.4 Å². The molecule has 0 rings (SSSR count). The van der Waals surface area contributed by atoms with Gasteiger partial charge in [-0.2, -0.15) is 0 Å². The fourth-order valence-corrected chi connectivity index (χ4v) is 2.44. The molecule has 0 spiro atoms. The predicted molar refractivity (Wildman–Crippen MR) is 103 cm³/mol. The highest BCUT2D eigenvalue weighted by Gasteiger charge is 2.02. The molecule has 0 fully saturated rings. The lowest BCUT2D eigenvalue weighted by Crippen LogP contribution is -2.33. The van der Waals surface area contributed by atoms with E-state index in [1.54, 1.807) is 0 Å². The minimum absolute atomic E-state index is 0.128. The number of hydrogen-bond donors (Lipinski definition) is 2. The van der Waals surface area contributed by atoms with Crippen LogP contribution in [0.15, 0.2) is 24.4 Å². The molecule has 1 amide bonds. The molecule has 4 heteroatoms. The molecule has 0 saturated heterocycles. The van der Waals surface area contributed by atoms with E-state index in [-0.39, 0.29) is 12.5 Å². The smallest absolute Gasteiger partial charge is 0.220 e. The van der Waals surface area contributed by atoms with Crippen LogP contribution in [0.2, 0.25) is 0 Å². The largest absolute Gasteiger partial charge is 0.395 e. The summed E-state index contributed by atoms with van der Waals surface area (Å²) < 4.78 is 0. The zero-order valence-electron chi connectivity index (χ0n) is 15.8. The number of nitrogens with one attached hydrogen (secondary N) is 1. The van der Waals surface area contributed by atoms with Crippen molar-refractivity contribution in [2.45, 2.75) is 71.6 Å². The lowest BCUT2D eigenvalue weighted by molar-refractivity contribution is -0.121. The Morgan fingerprint density at radius 1 is 1.04 bits per heavy atom. The maximum Gasteiger partial charge on any atom is 0.220 e. The van der Waals surface area contributed by atoms with Crippen molar-refractivity contribution in [1.82, 2.24) is 10.2 Å². The number of aliphatic hydroxyl groups excluding tert-OH is 1. The Morgan fingerprint density at radius 3 is 2.50 bits per heavy atom. The summed E-state index contributed by atoms with van der Waals surface area (Å²) in [7, 11) is 0. The lowest BCUT2D eigenvalue weighted by atomic mass is 10.1. The van der Waals surface area contributed by atoms with Crippen molar-refractivity contribution in [2.75, 3.05) is 26.2 Å². The van der Waals surface area contributed by atoms with Crippen molar-refractivity contribution in [2.24, 2.45) is 0 Å². The van der Waals surface area contributed by atoms with E-state index in [2.05, 4.69) is 35.5 Å². The van der Waals surface area contributed by atoms with Gasteiger partial charge in [-0.05, 0) is 45.2 Å². The molecule has 2 N–H and O–H groups in total. The summed E-state index contributed by atoms with van der Waals surface area (Å²) in [6.45, 7) is 6.37. The molecule has 0 bridgehead atoms. The Kier molecular flexibility index (Phi) is 17.1. The number of rotatable bonds is 16. The molecule has 0 radical (unpaired) electrons. The highest BCUT2D eigenvalue weighted by Crippen LogP contribution is 2.04. The summed E-state index contributed by atoms with van der Waals surface area (Å²) in [6, 6.07) is 0. The van der Waals surface area contributed by atoms with Crippen LogP contribution in [0.3, 0.4) is 0 Å². The van der Waals surface area contributed by atoms with Crippen LogP contribution in [0.25, 0.3) is 0 Å². The van der Waals surface area contributed by atoms with Crippen LogP contribution in [0.1, 0.15) is 71.6 Å². The third-order valence-corrected chi connectivity index (χ3v) is 3.91. The van der Waals surface area contributed by atoms with Gasteiger partial charge in [-0.3, -0.25) is 4.79 Å². The first-order valence-electron chi connectivity index (χ1n) is 9.64. The highest BCUT2D eigenvalue weighted by atomic mass is 16.3. The van der Waals surface area contributed by atoms with Gasteiger partial charge in [-0.15, -0.1) is 0 Å². The van der Waals surface area contributed by atoms with Crippen molar-refractivity contribution in [3.63, 3.8) is 0 Å². The summed E-state index contributed by atoms with van der Waals surface area (Å²) in [5.41, 5.74) is 0. The third kappa shape index (κ3) is 15.6. The average Bonchev–Trinajstić information content (AvgIpc) is 2.57. The Labute approximate surface area is 149 Å². The predicted octanol–water partition coefficient (Wildman–Crippen LogP) is 4.02. The molecule has 140 valence electrons. The van der Waals surface area contributed by atoms with Gasteiger partial charge in [0, 0.05) is 26.1 Å². The first-order valence-corrected chi connectivity index (χ1v) is 9.64. The number of nitrogens with zero attached hydrogens (tertiary/aromatic N) is 1. The second-order valence-electron chi connectivity index (χ2n) is 6.16. The number of aliphatic hydroxyl groups is 1. The average molecular weight is 339 g/mol. The van der Waals surface area contributed by atoms with Crippen LogP contribution >= 0.6 is 0 Å². The fraction of sp³-hybridized carbons (Fsp3) is 0.750. The molecule has 0 unspecified atom stereocenters. The summed E-state index contributed by atoms with van der Waals surface area (Å²) in [5.74, 6) is 0.128. The van der Waals surface area contributed by atoms with Crippen LogP contribution in [0, 0.1) is 0 Å². The molecular formula is C20H38N2O2. The third-order valence-electron chi connectivity index (χ3n) is 3.91. The first kappa shape index (κ1) is 22.7. The monoisotopic (exact) mass is 338 g/mol. The van der Waals surface area contributed by atoms with Gasteiger partial charge in [0.2, 0.25) is 5.91 Å². The van der Waals surface area contributed by atoms with Crippen LogP contribution in [0.5, 0.6) is 0 Å². The molecule has 0 atom stereocenters. The molecule has 0 aromatic carbocycles. The first-order chi connectivity index (χ1) is 11.7. The summed E-state index contributed by atoms with van der Waals surface area (Å²) in [4.78, 5) is 13.8. The van der Waals surface area contributed by atoms with Gasteiger partial charge < -0.3 is 15.3 Å². The Morgan fingerprint density at radius 2 is 1.79 bits per heavy atom. The van der Waals surface area contributed by atoms with Crippen molar-refractivity contribution in [3.05, 3.63) is 24.4 Å². The van der Waals surface area contributed by atoms with Gasteiger partial charge in [0.1, 0.15) is 0 Å². The number of amides is 1. The van der Waals surface area contributed by atoms with E-state index in [1.165, 1.54) is 25.7 Å². The summed E-state index contributed by atoms with van der Waals surface area (Å²) >= 11 is 0. The van der Waals surface area contributed by atoms with Crippen LogP contribution in [-0.4, -0.2) is 42.2 Å². The number of carbonyl (C=O) groups excluding carboxylic acids is 1. The van der Waals surface area contributed by atoms with Gasteiger partial charge in [0.05, 0.1) is 6.61 Å². The SMILES string of the molecule is C/C=C/CCCCC(=O)NCCN(/C=C/CCCCCC)CCO. The van der Waals surface area contributed by atoms with Crippen LogP contribution in [0.4, 0.5) is 0 Å². The number of carbonyl (C=O) groups is 1. The van der Waals surface area contributed by atoms with E-state index in [0.717, 1.165) is 32.2 Å². The number of hydrogen-bond acceptors (Lipinski definition) is 3. The maximum atomic E-state index is 11.8. The molecule has 0 aliphatic heterocycles. The topological polar surface area (TPSA) is 52.6 Å². The van der Waals surface area contributed by atoms with Crippen molar-refractivity contribution in [3.8, 4) is 0 Å². The molecule has 24 heavy (non-hydrogen) atoms. The molecule has 0 aromatic heterocycles. The van der Waals surface area contributed by atoms with Crippen molar-refractivity contribution >= 4 is 5.91 Å². The number of allylic oxidation sites excluding steroid dienone is 3. The van der Waals surface area contributed by atoms with E-state index >= 15 is 0 Å². The van der Waals surface area contributed by atoms with Gasteiger partial charge >= 0.3 is 0 Å². The standard InChI is InChI=1S/C20H38N2O2/c1-3-5-7-9-11-13-16-22(18-19-23)17-15-21-20(24)14-12-10-8-6-4-2/h4,6,13,16,23H,3,5,7-12,14-15,17-19H2,1-2H3,(H,21,24)/b6-4+,16-13+. The van der Waals surface area contributed by atoms with Gasteiger partial charge in [-0.25, -0.2) is 0 Å². The second kappa shape index (κ2) is 18.1. The zero-order valence-corrected chi connectivity index (χ0v) is 15.8. The van der Waals surface area contributed by atoms with Gasteiger partial charge in [0.15, 0.2) is 0 Å². The van der Waals surface area contributed by atoms with E-state index in [0.29, 0.717) is 19.5 Å². The molecule has 0 saturated carbocycles. The van der Waals surface area contributed by atoms with Crippen molar-refractivity contribution in [1.29, 1.82) is 0 Å². The molecule has 0 heterocycles. The van der Waals surface area contributed by atoms with E-state index in [4.69, 9.17) is 5.11 Å². The molecule has 0 aliphatic rings. The molecule has 4 nitrogen and oxygen atoms in total. The summed E-state index contributed by atoms with van der Waals surface area (Å²) in [6.07, 6.45) is 18.2. The maximum absolute atomic E-state index is 11.8. The minimum atomic E-state index is 0.128. The van der Waals surface area contributed by atoms with Crippen LogP contribution in [-0.2, 0) is 4.79 Å². The summed E-state index contributed by atoms with van der Waals surface area (Å²) in [5, 5.41) is 12.1. The van der Waals surface area contributed by atoms with E-state index < -0.39 is 0 Å². The highest BCUT2D eigenvalue weighted by molar-refractivity contribution is 5.75. The molecule has 0 aromatic rings. The van der Waals surface area contributed by atoms with Crippen LogP contribution < -0.4 is 5.32 Å². The van der Waals surface area contributed by atoms with E-state index in [9.17, 15) is 4.79 Å². The minimum Gasteiger partial charge on any atom is -0.395 e. The van der Waals surface area contributed by atoms with E-state index in [1.807, 2.05) is 13.0 Å².